The van der Waals surface area contributed by atoms with Crippen molar-refractivity contribution in [3.8, 4) is 22.9 Å². The second kappa shape index (κ2) is 7.45. The zero-order valence-corrected chi connectivity index (χ0v) is 14.8. The summed E-state index contributed by atoms with van der Waals surface area (Å²) < 4.78 is 11.1. The highest BCUT2D eigenvalue weighted by Gasteiger charge is 2.29. The van der Waals surface area contributed by atoms with Crippen LogP contribution in [0.2, 0.25) is 0 Å². The number of methoxy groups -OCH3 is 1. The summed E-state index contributed by atoms with van der Waals surface area (Å²) in [4.78, 5) is 22.6. The maximum absolute atomic E-state index is 12.8. The molecule has 1 saturated heterocycles. The molecule has 27 heavy (non-hydrogen) atoms. The van der Waals surface area contributed by atoms with E-state index in [0.717, 1.165) is 12.0 Å². The van der Waals surface area contributed by atoms with Gasteiger partial charge >= 0.3 is 0 Å². The van der Waals surface area contributed by atoms with Crippen molar-refractivity contribution in [2.45, 2.75) is 12.5 Å². The van der Waals surface area contributed by atoms with Crippen LogP contribution in [-0.4, -0.2) is 57.3 Å². The Hall–Kier alpha value is -3.42. The molecule has 0 saturated carbocycles. The van der Waals surface area contributed by atoms with Crippen LogP contribution < -0.4 is 9.47 Å². The molecule has 0 bridgehead atoms. The van der Waals surface area contributed by atoms with Gasteiger partial charge in [-0.05, 0) is 18.2 Å². The normalized spacial score (nSPS) is 16.3. The number of nitrogens with one attached hydrogen (secondary N) is 1. The number of likely N-dealkylation sites (tertiary alicyclic amines) is 1. The summed E-state index contributed by atoms with van der Waals surface area (Å²) in [5.41, 5.74) is 1.94. The number of benzene rings is 1. The molecule has 1 atom stereocenters. The summed E-state index contributed by atoms with van der Waals surface area (Å²) in [7, 11) is 1.61. The average Bonchev–Trinajstić information content (AvgIpc) is 3.38. The lowest BCUT2D eigenvalue weighted by Gasteiger charge is -2.15. The molecule has 8 nitrogen and oxygen atoms in total. The van der Waals surface area contributed by atoms with Crippen molar-refractivity contribution < 1.29 is 14.3 Å². The highest BCUT2D eigenvalue weighted by atomic mass is 16.5. The molecule has 1 fully saturated rings. The molecular weight excluding hydrogens is 346 g/mol. The Morgan fingerprint density at radius 2 is 2.19 bits per heavy atom. The Balaban J connectivity index is 1.44. The third-order valence-electron chi connectivity index (χ3n) is 4.45. The topological polar surface area (TPSA) is 93.2 Å². The quantitative estimate of drug-likeness (QED) is 0.745. The number of hydrogen-bond donors (Lipinski definition) is 1. The van der Waals surface area contributed by atoms with Gasteiger partial charge in [-0.25, -0.2) is 4.98 Å². The lowest BCUT2D eigenvalue weighted by atomic mass is 10.1. The maximum atomic E-state index is 12.8. The summed E-state index contributed by atoms with van der Waals surface area (Å²) in [6, 6.07) is 9.31. The van der Waals surface area contributed by atoms with Gasteiger partial charge in [0.1, 0.15) is 17.5 Å². The predicted molar refractivity (Wildman–Crippen MR) is 97.5 cm³/mol. The van der Waals surface area contributed by atoms with Gasteiger partial charge in [0.2, 0.25) is 5.88 Å². The van der Waals surface area contributed by atoms with Gasteiger partial charge in [0.25, 0.3) is 5.91 Å². The second-order valence-corrected chi connectivity index (χ2v) is 6.19. The molecule has 3 aromatic rings. The van der Waals surface area contributed by atoms with E-state index in [0.29, 0.717) is 36.1 Å². The number of H-pyrrole nitrogens is 1. The van der Waals surface area contributed by atoms with Gasteiger partial charge in [0.15, 0.2) is 0 Å². The minimum atomic E-state index is -0.103. The Kier molecular flexibility index (Phi) is 4.69. The molecule has 1 N–H and O–H groups in total. The van der Waals surface area contributed by atoms with E-state index in [1.54, 1.807) is 36.7 Å². The molecule has 0 radical (unpaired) electrons. The fourth-order valence-corrected chi connectivity index (χ4v) is 3.12. The Labute approximate surface area is 156 Å². The third-order valence-corrected chi connectivity index (χ3v) is 4.45. The number of para-hydroxylation sites is 1. The highest BCUT2D eigenvalue weighted by Crippen LogP contribution is 2.28. The predicted octanol–water partition coefficient (Wildman–Crippen LogP) is 2.17. The zero-order valence-electron chi connectivity index (χ0n) is 14.8. The zero-order chi connectivity index (χ0) is 18.6. The fraction of sp³-hybridized carbons (Fsp3) is 0.263. The average molecular weight is 365 g/mol. The summed E-state index contributed by atoms with van der Waals surface area (Å²) in [6.45, 7) is 1.12. The van der Waals surface area contributed by atoms with Gasteiger partial charge in [-0.2, -0.15) is 5.10 Å². The molecule has 8 heteroatoms. The smallest absolute Gasteiger partial charge is 0.272 e. The summed E-state index contributed by atoms with van der Waals surface area (Å²) >= 11 is 0. The Morgan fingerprint density at radius 1 is 1.30 bits per heavy atom. The van der Waals surface area contributed by atoms with Crippen molar-refractivity contribution >= 4 is 5.91 Å². The number of carbonyl (C=O) groups excluding carboxylic acids is 1. The first-order chi connectivity index (χ1) is 13.2. The first-order valence-corrected chi connectivity index (χ1v) is 8.65. The first kappa shape index (κ1) is 17.0. The van der Waals surface area contributed by atoms with E-state index >= 15 is 0 Å². The summed E-state index contributed by atoms with van der Waals surface area (Å²) in [5.74, 6) is 1.08. The fourth-order valence-electron chi connectivity index (χ4n) is 3.12. The molecule has 0 spiro atoms. The SMILES string of the molecule is COc1ccccc1-c1cc(C(=O)N2CCC(Oc3cnccn3)C2)[nH]n1. The van der Waals surface area contributed by atoms with Crippen LogP contribution in [0, 0.1) is 0 Å². The number of amides is 1. The molecule has 2 aromatic heterocycles. The van der Waals surface area contributed by atoms with Crippen LogP contribution in [0.15, 0.2) is 48.9 Å². The Morgan fingerprint density at radius 3 is 3.00 bits per heavy atom. The number of aromatic nitrogens is 4. The molecule has 0 aliphatic carbocycles. The molecule has 3 heterocycles. The van der Waals surface area contributed by atoms with Crippen molar-refractivity contribution in [1.82, 2.24) is 25.1 Å². The number of carbonyl (C=O) groups is 1. The second-order valence-electron chi connectivity index (χ2n) is 6.19. The van der Waals surface area contributed by atoms with E-state index < -0.39 is 0 Å². The van der Waals surface area contributed by atoms with E-state index in [1.165, 1.54) is 0 Å². The molecule has 1 aliphatic heterocycles. The van der Waals surface area contributed by atoms with E-state index in [-0.39, 0.29) is 12.0 Å². The summed E-state index contributed by atoms with van der Waals surface area (Å²) in [5, 5.41) is 7.11. The van der Waals surface area contributed by atoms with Gasteiger partial charge in [0.05, 0.1) is 25.5 Å². The van der Waals surface area contributed by atoms with Crippen LogP contribution in [0.3, 0.4) is 0 Å². The van der Waals surface area contributed by atoms with Crippen LogP contribution in [0.25, 0.3) is 11.3 Å². The van der Waals surface area contributed by atoms with Crippen molar-refractivity contribution in [3.63, 3.8) is 0 Å². The molecule has 1 unspecified atom stereocenters. The van der Waals surface area contributed by atoms with Crippen LogP contribution in [0.1, 0.15) is 16.9 Å². The first-order valence-electron chi connectivity index (χ1n) is 8.65. The number of ether oxygens (including phenoxy) is 2. The van der Waals surface area contributed by atoms with Gasteiger partial charge in [-0.3, -0.25) is 14.9 Å². The van der Waals surface area contributed by atoms with E-state index in [4.69, 9.17) is 9.47 Å². The number of hydrogen-bond acceptors (Lipinski definition) is 6. The van der Waals surface area contributed by atoms with E-state index in [9.17, 15) is 4.79 Å². The largest absolute Gasteiger partial charge is 0.496 e. The maximum Gasteiger partial charge on any atom is 0.272 e. The molecule has 1 amide bonds. The standard InChI is InChI=1S/C19H19N5O3/c1-26-17-5-3-2-4-14(17)15-10-16(23-22-15)19(25)24-9-6-13(12-24)27-18-11-20-7-8-21-18/h2-5,7-8,10-11,13H,6,9,12H2,1H3,(H,22,23). The van der Waals surface area contributed by atoms with Crippen molar-refractivity contribution in [3.05, 3.63) is 54.6 Å². The van der Waals surface area contributed by atoms with Gasteiger partial charge in [0, 0.05) is 30.9 Å². The van der Waals surface area contributed by atoms with Crippen molar-refractivity contribution in [1.29, 1.82) is 0 Å². The molecule has 138 valence electrons. The lowest BCUT2D eigenvalue weighted by Crippen LogP contribution is -2.31. The Bertz CT molecular complexity index is 928. The van der Waals surface area contributed by atoms with Crippen LogP contribution in [0.4, 0.5) is 0 Å². The molecular formula is C19H19N5O3. The number of aromatic amines is 1. The minimum absolute atomic E-state index is 0.0951. The van der Waals surface area contributed by atoms with Crippen LogP contribution in [0.5, 0.6) is 11.6 Å². The number of rotatable bonds is 5. The summed E-state index contributed by atoms with van der Waals surface area (Å²) in [6.07, 6.45) is 5.39. The van der Waals surface area contributed by atoms with Crippen molar-refractivity contribution in [2.75, 3.05) is 20.2 Å². The van der Waals surface area contributed by atoms with Crippen LogP contribution >= 0.6 is 0 Å². The minimum Gasteiger partial charge on any atom is -0.496 e. The van der Waals surface area contributed by atoms with Gasteiger partial charge < -0.3 is 14.4 Å². The van der Waals surface area contributed by atoms with E-state index in [1.807, 2.05) is 24.3 Å². The van der Waals surface area contributed by atoms with E-state index in [2.05, 4.69) is 20.2 Å². The number of nitrogens with zero attached hydrogens (tertiary/aromatic N) is 4. The lowest BCUT2D eigenvalue weighted by molar-refractivity contribution is 0.0765. The highest BCUT2D eigenvalue weighted by molar-refractivity contribution is 5.93. The molecule has 4 rings (SSSR count). The molecule has 1 aromatic carbocycles. The van der Waals surface area contributed by atoms with Gasteiger partial charge in [-0.15, -0.1) is 0 Å². The monoisotopic (exact) mass is 365 g/mol. The van der Waals surface area contributed by atoms with Crippen molar-refractivity contribution in [2.24, 2.45) is 0 Å². The molecule has 1 aliphatic rings. The van der Waals surface area contributed by atoms with Crippen LogP contribution in [-0.2, 0) is 0 Å². The third kappa shape index (κ3) is 3.59. The van der Waals surface area contributed by atoms with Gasteiger partial charge in [-0.1, -0.05) is 12.1 Å².